The number of rotatable bonds is 5. The first-order chi connectivity index (χ1) is 9.56. The Kier molecular flexibility index (Phi) is 5.49. The number of piperazine rings is 1. The van der Waals surface area contributed by atoms with Crippen molar-refractivity contribution in [2.24, 2.45) is 11.8 Å². The number of hydrogen-bond acceptors (Lipinski definition) is 4. The summed E-state index contributed by atoms with van der Waals surface area (Å²) in [4.78, 5) is 11.3. The third kappa shape index (κ3) is 4.25. The summed E-state index contributed by atoms with van der Waals surface area (Å²) in [5.41, 5.74) is 0. The van der Waals surface area contributed by atoms with Gasteiger partial charge in [-0.3, -0.25) is 4.90 Å². The first-order valence-corrected chi connectivity index (χ1v) is 7.79. The van der Waals surface area contributed by atoms with Crippen molar-refractivity contribution in [1.29, 1.82) is 0 Å². The molecule has 2 atom stereocenters. The topological polar surface area (TPSA) is 41.1 Å². The van der Waals surface area contributed by atoms with Crippen LogP contribution in [0.2, 0.25) is 0 Å². The molecule has 2 rings (SSSR count). The van der Waals surface area contributed by atoms with Crippen LogP contribution in [0.15, 0.2) is 18.5 Å². The monoisotopic (exact) mass is 276 g/mol. The Morgan fingerprint density at radius 2 is 1.95 bits per heavy atom. The van der Waals surface area contributed by atoms with Gasteiger partial charge in [0.15, 0.2) is 0 Å². The van der Waals surface area contributed by atoms with Crippen LogP contribution in [-0.2, 0) is 6.54 Å². The third-order valence-electron chi connectivity index (χ3n) is 4.03. The summed E-state index contributed by atoms with van der Waals surface area (Å²) in [7, 11) is 0. The van der Waals surface area contributed by atoms with Crippen LogP contribution in [0.1, 0.15) is 39.9 Å². The van der Waals surface area contributed by atoms with E-state index in [0.29, 0.717) is 18.0 Å². The van der Waals surface area contributed by atoms with E-state index in [4.69, 9.17) is 0 Å². The molecule has 0 bridgehead atoms. The molecule has 2 heterocycles. The minimum absolute atomic E-state index is 0.571. The normalized spacial score (nSPS) is 24.5. The fraction of sp³-hybridized carbons (Fsp3) is 0.750. The van der Waals surface area contributed by atoms with E-state index in [9.17, 15) is 0 Å². The fourth-order valence-corrected chi connectivity index (χ4v) is 3.06. The summed E-state index contributed by atoms with van der Waals surface area (Å²) in [6.45, 7) is 12.2. The first kappa shape index (κ1) is 15.4. The maximum absolute atomic E-state index is 4.38. The van der Waals surface area contributed by atoms with Gasteiger partial charge in [0.05, 0.1) is 6.54 Å². The van der Waals surface area contributed by atoms with Crippen LogP contribution in [-0.4, -0.2) is 40.0 Å². The van der Waals surface area contributed by atoms with Crippen molar-refractivity contribution < 1.29 is 0 Å². The molecule has 0 aromatic carbocycles. The van der Waals surface area contributed by atoms with Crippen molar-refractivity contribution in [2.45, 2.75) is 52.7 Å². The van der Waals surface area contributed by atoms with E-state index >= 15 is 0 Å². The summed E-state index contributed by atoms with van der Waals surface area (Å²) >= 11 is 0. The van der Waals surface area contributed by atoms with Gasteiger partial charge in [0.2, 0.25) is 0 Å². The van der Waals surface area contributed by atoms with Crippen LogP contribution in [0, 0.1) is 11.8 Å². The molecule has 1 saturated heterocycles. The van der Waals surface area contributed by atoms with Gasteiger partial charge in [-0.05, 0) is 24.3 Å². The number of nitrogens with zero attached hydrogens (tertiary/aromatic N) is 3. The highest BCUT2D eigenvalue weighted by molar-refractivity contribution is 4.94. The SMILES string of the molecule is CC(C)CC1CN(Cc2ncccn2)C(C(C)C)CN1. The quantitative estimate of drug-likeness (QED) is 0.896. The Balaban J connectivity index is 2.03. The molecule has 0 saturated carbocycles. The van der Waals surface area contributed by atoms with Gasteiger partial charge in [0, 0.05) is 37.6 Å². The van der Waals surface area contributed by atoms with E-state index < -0.39 is 0 Å². The lowest BCUT2D eigenvalue weighted by Gasteiger charge is -2.42. The molecule has 1 aromatic heterocycles. The van der Waals surface area contributed by atoms with Gasteiger partial charge >= 0.3 is 0 Å². The molecule has 2 unspecified atom stereocenters. The van der Waals surface area contributed by atoms with Gasteiger partial charge in [0.25, 0.3) is 0 Å². The Hall–Kier alpha value is -1.00. The van der Waals surface area contributed by atoms with Gasteiger partial charge in [-0.1, -0.05) is 27.7 Å². The zero-order valence-electron chi connectivity index (χ0n) is 13.2. The number of aromatic nitrogens is 2. The van der Waals surface area contributed by atoms with Crippen LogP contribution in [0.3, 0.4) is 0 Å². The Labute approximate surface area is 123 Å². The molecule has 1 fully saturated rings. The highest BCUT2D eigenvalue weighted by Crippen LogP contribution is 2.19. The fourth-order valence-electron chi connectivity index (χ4n) is 3.06. The second kappa shape index (κ2) is 7.14. The average molecular weight is 276 g/mol. The molecule has 0 radical (unpaired) electrons. The van der Waals surface area contributed by atoms with Crippen molar-refractivity contribution in [1.82, 2.24) is 20.2 Å². The van der Waals surface area contributed by atoms with Crippen LogP contribution in [0.4, 0.5) is 0 Å². The smallest absolute Gasteiger partial charge is 0.142 e. The standard InChI is InChI=1S/C16H28N4/c1-12(2)8-14-10-20(15(9-19-14)13(3)4)11-16-17-6-5-7-18-16/h5-7,12-15,19H,8-11H2,1-4H3. The van der Waals surface area contributed by atoms with Crippen LogP contribution >= 0.6 is 0 Å². The van der Waals surface area contributed by atoms with Crippen LogP contribution < -0.4 is 5.32 Å². The highest BCUT2D eigenvalue weighted by atomic mass is 15.2. The molecule has 1 aliphatic heterocycles. The second-order valence-electron chi connectivity index (χ2n) is 6.64. The second-order valence-corrected chi connectivity index (χ2v) is 6.64. The summed E-state index contributed by atoms with van der Waals surface area (Å²) < 4.78 is 0. The van der Waals surface area contributed by atoms with Gasteiger partial charge in [-0.2, -0.15) is 0 Å². The molecule has 0 aliphatic carbocycles. The molecule has 0 spiro atoms. The maximum atomic E-state index is 4.38. The minimum Gasteiger partial charge on any atom is -0.311 e. The predicted octanol–water partition coefficient (Wildman–Crippen LogP) is 2.32. The molecule has 1 N–H and O–H groups in total. The van der Waals surface area contributed by atoms with Gasteiger partial charge in [-0.15, -0.1) is 0 Å². The molecule has 0 amide bonds. The van der Waals surface area contributed by atoms with Crippen molar-refractivity contribution in [3.05, 3.63) is 24.3 Å². The van der Waals surface area contributed by atoms with Gasteiger partial charge in [-0.25, -0.2) is 9.97 Å². The molecule has 1 aliphatic rings. The van der Waals surface area contributed by atoms with Crippen molar-refractivity contribution >= 4 is 0 Å². The lowest BCUT2D eigenvalue weighted by molar-refractivity contribution is 0.0827. The molecule has 4 heteroatoms. The van der Waals surface area contributed by atoms with Gasteiger partial charge < -0.3 is 5.32 Å². The molecular formula is C16H28N4. The van der Waals surface area contributed by atoms with Crippen molar-refractivity contribution in [3.8, 4) is 0 Å². The minimum atomic E-state index is 0.571. The zero-order chi connectivity index (χ0) is 14.5. The van der Waals surface area contributed by atoms with E-state index in [1.807, 2.05) is 18.5 Å². The van der Waals surface area contributed by atoms with Gasteiger partial charge in [0.1, 0.15) is 5.82 Å². The number of nitrogens with one attached hydrogen (secondary N) is 1. The third-order valence-corrected chi connectivity index (χ3v) is 4.03. The zero-order valence-corrected chi connectivity index (χ0v) is 13.2. The Bertz CT molecular complexity index is 391. The highest BCUT2D eigenvalue weighted by Gasteiger charge is 2.30. The summed E-state index contributed by atoms with van der Waals surface area (Å²) in [6.07, 6.45) is 4.90. The number of hydrogen-bond donors (Lipinski definition) is 1. The van der Waals surface area contributed by atoms with Crippen LogP contribution in [0.5, 0.6) is 0 Å². The predicted molar refractivity (Wildman–Crippen MR) is 82.3 cm³/mol. The summed E-state index contributed by atoms with van der Waals surface area (Å²) in [5.74, 6) is 2.31. The molecular weight excluding hydrogens is 248 g/mol. The summed E-state index contributed by atoms with van der Waals surface area (Å²) in [5, 5.41) is 3.72. The molecule has 4 nitrogen and oxygen atoms in total. The van der Waals surface area contributed by atoms with E-state index in [0.717, 1.165) is 31.4 Å². The lowest BCUT2D eigenvalue weighted by Crippen LogP contribution is -2.58. The van der Waals surface area contributed by atoms with E-state index in [2.05, 4.69) is 47.9 Å². The molecule has 1 aromatic rings. The average Bonchev–Trinajstić information content (AvgIpc) is 2.39. The van der Waals surface area contributed by atoms with E-state index in [-0.39, 0.29) is 0 Å². The van der Waals surface area contributed by atoms with E-state index in [1.165, 1.54) is 6.42 Å². The van der Waals surface area contributed by atoms with Crippen LogP contribution in [0.25, 0.3) is 0 Å². The maximum Gasteiger partial charge on any atom is 0.142 e. The Morgan fingerprint density at radius 3 is 2.55 bits per heavy atom. The lowest BCUT2D eigenvalue weighted by atomic mass is 9.95. The summed E-state index contributed by atoms with van der Waals surface area (Å²) in [6, 6.07) is 3.04. The van der Waals surface area contributed by atoms with Crippen molar-refractivity contribution in [3.63, 3.8) is 0 Å². The largest absolute Gasteiger partial charge is 0.311 e. The molecule has 112 valence electrons. The first-order valence-electron chi connectivity index (χ1n) is 7.79. The molecule has 20 heavy (non-hydrogen) atoms. The van der Waals surface area contributed by atoms with E-state index in [1.54, 1.807) is 0 Å². The van der Waals surface area contributed by atoms with Crippen molar-refractivity contribution in [2.75, 3.05) is 13.1 Å². The Morgan fingerprint density at radius 1 is 1.25 bits per heavy atom.